The van der Waals surface area contributed by atoms with Crippen LogP contribution in [0, 0.1) is 23.7 Å². The molecule has 28 heavy (non-hydrogen) atoms. The van der Waals surface area contributed by atoms with E-state index in [4.69, 9.17) is 4.42 Å². The van der Waals surface area contributed by atoms with Crippen LogP contribution in [-0.2, 0) is 14.4 Å². The van der Waals surface area contributed by atoms with Crippen molar-refractivity contribution in [3.63, 3.8) is 0 Å². The van der Waals surface area contributed by atoms with E-state index in [1.807, 2.05) is 18.7 Å². The molecule has 6 heteroatoms. The Morgan fingerprint density at radius 2 is 1.75 bits per heavy atom. The topological polar surface area (TPSA) is 70.8 Å². The number of allylic oxidation sites excluding steroid dienone is 2. The standard InChI is InChI=1S/C22H28N2O4/c1-3-9-23(10-4-2)18(25)13-16(17-6-5-11-28-17)24-21(26)19-14-7-8-15(12-14)20(19)22(24)27/h5-8,11,14-16,19-20H,3-4,9-10,12-13H2,1-2H3. The molecular formula is C22H28N2O4. The first-order chi connectivity index (χ1) is 13.6. The van der Waals surface area contributed by atoms with Crippen LogP contribution >= 0.6 is 0 Å². The van der Waals surface area contributed by atoms with Crippen molar-refractivity contribution in [2.24, 2.45) is 23.7 Å². The van der Waals surface area contributed by atoms with Gasteiger partial charge in [0.15, 0.2) is 0 Å². The van der Waals surface area contributed by atoms with Crippen molar-refractivity contribution >= 4 is 17.7 Å². The summed E-state index contributed by atoms with van der Waals surface area (Å²) in [5.74, 6) is -0.0404. The molecule has 6 nitrogen and oxygen atoms in total. The Balaban J connectivity index is 1.60. The number of likely N-dealkylation sites (tertiary alicyclic amines) is 1. The summed E-state index contributed by atoms with van der Waals surface area (Å²) >= 11 is 0. The highest BCUT2D eigenvalue weighted by Crippen LogP contribution is 2.54. The second-order valence-electron chi connectivity index (χ2n) is 8.16. The maximum Gasteiger partial charge on any atom is 0.234 e. The highest BCUT2D eigenvalue weighted by molar-refractivity contribution is 6.07. The molecule has 2 aliphatic carbocycles. The van der Waals surface area contributed by atoms with Crippen LogP contribution in [0.15, 0.2) is 35.0 Å². The highest BCUT2D eigenvalue weighted by atomic mass is 16.3. The molecule has 4 rings (SSSR count). The number of carbonyl (C=O) groups is 3. The Bertz CT molecular complexity index is 748. The molecule has 3 amide bonds. The number of fused-ring (bicyclic) bond motifs is 5. The van der Waals surface area contributed by atoms with Crippen molar-refractivity contribution in [1.29, 1.82) is 0 Å². The summed E-state index contributed by atoms with van der Waals surface area (Å²) in [5, 5.41) is 0. The molecule has 1 saturated carbocycles. The zero-order valence-corrected chi connectivity index (χ0v) is 16.5. The van der Waals surface area contributed by atoms with Gasteiger partial charge >= 0.3 is 0 Å². The number of hydrogen-bond acceptors (Lipinski definition) is 4. The Hall–Kier alpha value is -2.37. The van der Waals surface area contributed by atoms with Crippen LogP contribution in [0.4, 0.5) is 0 Å². The fourth-order valence-corrected chi connectivity index (χ4v) is 5.23. The summed E-state index contributed by atoms with van der Waals surface area (Å²) in [4.78, 5) is 42.6. The number of carbonyl (C=O) groups excluding carboxylic acids is 3. The largest absolute Gasteiger partial charge is 0.467 e. The van der Waals surface area contributed by atoms with Gasteiger partial charge < -0.3 is 9.32 Å². The molecule has 3 aliphatic rings. The van der Waals surface area contributed by atoms with Gasteiger partial charge in [0, 0.05) is 13.1 Å². The zero-order valence-electron chi connectivity index (χ0n) is 16.5. The summed E-state index contributed by atoms with van der Waals surface area (Å²) in [5.41, 5.74) is 0. The summed E-state index contributed by atoms with van der Waals surface area (Å²) < 4.78 is 5.56. The molecule has 5 atom stereocenters. The first kappa shape index (κ1) is 19.0. The Labute approximate surface area is 165 Å². The van der Waals surface area contributed by atoms with Gasteiger partial charge in [-0.3, -0.25) is 19.3 Å². The number of nitrogens with zero attached hydrogens (tertiary/aromatic N) is 2. The maximum absolute atomic E-state index is 13.2. The lowest BCUT2D eigenvalue weighted by Crippen LogP contribution is -2.40. The van der Waals surface area contributed by atoms with Crippen molar-refractivity contribution in [2.45, 2.75) is 45.6 Å². The molecule has 5 unspecified atom stereocenters. The molecular weight excluding hydrogens is 356 g/mol. The number of amides is 3. The van der Waals surface area contributed by atoms with Crippen molar-refractivity contribution in [2.75, 3.05) is 13.1 Å². The van der Waals surface area contributed by atoms with E-state index in [1.54, 1.807) is 12.1 Å². The molecule has 1 aromatic heterocycles. The van der Waals surface area contributed by atoms with Crippen LogP contribution < -0.4 is 0 Å². The minimum atomic E-state index is -0.663. The van der Waals surface area contributed by atoms with Crippen LogP contribution in [0.25, 0.3) is 0 Å². The second kappa shape index (κ2) is 7.57. The van der Waals surface area contributed by atoms with E-state index in [2.05, 4.69) is 12.2 Å². The van der Waals surface area contributed by atoms with Gasteiger partial charge in [-0.15, -0.1) is 0 Å². The van der Waals surface area contributed by atoms with E-state index in [0.717, 1.165) is 19.3 Å². The molecule has 1 aromatic rings. The minimum Gasteiger partial charge on any atom is -0.467 e. The van der Waals surface area contributed by atoms with Gasteiger partial charge in [-0.05, 0) is 43.2 Å². The first-order valence-electron chi connectivity index (χ1n) is 10.4. The molecule has 0 aromatic carbocycles. The summed E-state index contributed by atoms with van der Waals surface area (Å²) in [6.45, 7) is 5.44. The molecule has 2 heterocycles. The zero-order chi connectivity index (χ0) is 19.8. The van der Waals surface area contributed by atoms with E-state index in [0.29, 0.717) is 18.8 Å². The highest BCUT2D eigenvalue weighted by Gasteiger charge is 2.60. The van der Waals surface area contributed by atoms with Gasteiger partial charge in [-0.1, -0.05) is 26.0 Å². The van der Waals surface area contributed by atoms with Gasteiger partial charge in [-0.2, -0.15) is 0 Å². The third-order valence-corrected chi connectivity index (χ3v) is 6.40. The lowest BCUT2D eigenvalue weighted by Gasteiger charge is -2.29. The molecule has 1 aliphatic heterocycles. The Morgan fingerprint density at radius 3 is 2.25 bits per heavy atom. The smallest absolute Gasteiger partial charge is 0.234 e. The minimum absolute atomic E-state index is 0.0381. The maximum atomic E-state index is 13.2. The number of hydrogen-bond donors (Lipinski definition) is 0. The van der Waals surface area contributed by atoms with Gasteiger partial charge in [0.05, 0.1) is 24.5 Å². The van der Waals surface area contributed by atoms with Gasteiger partial charge in [0.2, 0.25) is 17.7 Å². The third kappa shape index (κ3) is 2.99. The van der Waals surface area contributed by atoms with Crippen molar-refractivity contribution < 1.29 is 18.8 Å². The van der Waals surface area contributed by atoms with Crippen LogP contribution in [0.2, 0.25) is 0 Å². The van der Waals surface area contributed by atoms with Gasteiger partial charge in [0.25, 0.3) is 0 Å². The average Bonchev–Trinajstić information content (AvgIpc) is 3.45. The molecule has 0 radical (unpaired) electrons. The van der Waals surface area contributed by atoms with Crippen molar-refractivity contribution in [3.05, 3.63) is 36.3 Å². The van der Waals surface area contributed by atoms with Crippen LogP contribution in [0.5, 0.6) is 0 Å². The van der Waals surface area contributed by atoms with Crippen molar-refractivity contribution in [3.8, 4) is 0 Å². The predicted octanol–water partition coefficient (Wildman–Crippen LogP) is 3.17. The second-order valence-corrected chi connectivity index (χ2v) is 8.16. The number of furan rings is 1. The fraction of sp³-hybridized carbons (Fsp3) is 0.591. The van der Waals surface area contributed by atoms with E-state index in [1.165, 1.54) is 11.2 Å². The SMILES string of the molecule is CCCN(CCC)C(=O)CC(c1ccco1)N1C(=O)C2C3C=CC(C3)C2C1=O. The third-order valence-electron chi connectivity index (χ3n) is 6.40. The fourth-order valence-electron chi connectivity index (χ4n) is 5.23. The van der Waals surface area contributed by atoms with Crippen LogP contribution in [0.3, 0.4) is 0 Å². The van der Waals surface area contributed by atoms with E-state index >= 15 is 0 Å². The normalized spacial score (nSPS) is 28.9. The number of imide groups is 1. The molecule has 150 valence electrons. The molecule has 2 bridgehead atoms. The summed E-state index contributed by atoms with van der Waals surface area (Å²) in [7, 11) is 0. The van der Waals surface area contributed by atoms with Crippen LogP contribution in [0.1, 0.15) is 51.3 Å². The van der Waals surface area contributed by atoms with E-state index < -0.39 is 6.04 Å². The Morgan fingerprint density at radius 1 is 1.14 bits per heavy atom. The number of rotatable bonds is 8. The van der Waals surface area contributed by atoms with E-state index in [9.17, 15) is 14.4 Å². The van der Waals surface area contributed by atoms with Gasteiger partial charge in [-0.25, -0.2) is 0 Å². The summed E-state index contributed by atoms with van der Waals surface area (Å²) in [6, 6.07) is 2.83. The van der Waals surface area contributed by atoms with Gasteiger partial charge in [0.1, 0.15) is 11.8 Å². The average molecular weight is 384 g/mol. The molecule has 2 fully saturated rings. The van der Waals surface area contributed by atoms with E-state index in [-0.39, 0.29) is 47.8 Å². The Kier molecular flexibility index (Phi) is 5.13. The quantitative estimate of drug-likeness (QED) is 0.510. The van der Waals surface area contributed by atoms with Crippen LogP contribution in [-0.4, -0.2) is 40.6 Å². The lowest BCUT2D eigenvalue weighted by molar-refractivity contribution is -0.145. The summed E-state index contributed by atoms with van der Waals surface area (Å²) in [6.07, 6.45) is 8.41. The molecule has 0 N–H and O–H groups in total. The molecule has 1 saturated heterocycles. The van der Waals surface area contributed by atoms with Crippen molar-refractivity contribution in [1.82, 2.24) is 9.80 Å². The molecule has 0 spiro atoms. The lowest BCUT2D eigenvalue weighted by atomic mass is 9.85. The predicted molar refractivity (Wildman–Crippen MR) is 103 cm³/mol. The monoisotopic (exact) mass is 384 g/mol. The first-order valence-corrected chi connectivity index (χ1v) is 10.4.